The van der Waals surface area contributed by atoms with Crippen molar-refractivity contribution in [1.29, 1.82) is 0 Å². The lowest BCUT2D eigenvalue weighted by molar-refractivity contribution is -0.140. The van der Waals surface area contributed by atoms with Crippen LogP contribution in [0.4, 0.5) is 0 Å². The van der Waals surface area contributed by atoms with Crippen molar-refractivity contribution >= 4 is 41.5 Å². The Morgan fingerprint density at radius 1 is 0.741 bits per heavy atom. The van der Waals surface area contributed by atoms with E-state index in [1.807, 2.05) is 6.26 Å². The van der Waals surface area contributed by atoms with E-state index in [2.05, 4.69) is 11.5 Å². The minimum atomic E-state index is -1.21. The molecule has 13 N–H and O–H groups in total. The van der Waals surface area contributed by atoms with E-state index in [0.29, 0.717) is 6.42 Å². The summed E-state index contributed by atoms with van der Waals surface area (Å²) < 4.78 is 0. The molecule has 27 heavy (non-hydrogen) atoms. The predicted octanol–water partition coefficient (Wildman–Crippen LogP) is -3.30. The fraction of sp³-hybridized carbons (Fsp3) is 0.615. The molecule has 0 aromatic rings. The SMILES string of the molecule is CSCC[C@H](N)C(=O)O.NC(=O)C[C@H](N)C(=O)O.NC(=O)C[C@H](N)C(=O)O. The number of carboxylic acid groups (broad SMARTS) is 3. The van der Waals surface area contributed by atoms with E-state index < -0.39 is 47.8 Å². The van der Waals surface area contributed by atoms with Gasteiger partial charge in [-0.2, -0.15) is 11.8 Å². The highest BCUT2D eigenvalue weighted by atomic mass is 32.2. The summed E-state index contributed by atoms with van der Waals surface area (Å²) in [5.74, 6) is -3.94. The number of hydrogen-bond donors (Lipinski definition) is 8. The van der Waals surface area contributed by atoms with E-state index in [-0.39, 0.29) is 12.8 Å². The van der Waals surface area contributed by atoms with Crippen molar-refractivity contribution in [2.75, 3.05) is 12.0 Å². The average molecular weight is 413 g/mol. The van der Waals surface area contributed by atoms with Crippen LogP contribution >= 0.6 is 11.8 Å². The number of amides is 2. The fourth-order valence-electron chi connectivity index (χ4n) is 0.976. The molecule has 0 saturated carbocycles. The van der Waals surface area contributed by atoms with Gasteiger partial charge in [0.25, 0.3) is 0 Å². The van der Waals surface area contributed by atoms with Crippen LogP contribution in [0.5, 0.6) is 0 Å². The predicted molar refractivity (Wildman–Crippen MR) is 97.5 cm³/mol. The molecule has 0 aromatic carbocycles. The lowest BCUT2D eigenvalue weighted by atomic mass is 10.2. The number of nitrogens with two attached hydrogens (primary N) is 5. The first-order valence-corrected chi connectivity index (χ1v) is 8.66. The number of carbonyl (C=O) groups excluding carboxylic acids is 2. The topological polar surface area (TPSA) is 276 Å². The van der Waals surface area contributed by atoms with E-state index >= 15 is 0 Å². The molecule has 0 spiro atoms. The third-order valence-electron chi connectivity index (χ3n) is 2.43. The molecule has 0 rings (SSSR count). The molecule has 0 aromatic heterocycles. The van der Waals surface area contributed by atoms with E-state index in [9.17, 15) is 24.0 Å². The summed E-state index contributed by atoms with van der Waals surface area (Å²) in [5.41, 5.74) is 24.3. The zero-order chi connectivity index (χ0) is 22.2. The second kappa shape index (κ2) is 17.0. The van der Waals surface area contributed by atoms with Gasteiger partial charge in [-0.15, -0.1) is 0 Å². The van der Waals surface area contributed by atoms with E-state index in [1.165, 1.54) is 0 Å². The molecule has 0 saturated heterocycles. The van der Waals surface area contributed by atoms with Crippen LogP contribution in [-0.2, 0) is 24.0 Å². The number of aliphatic carboxylic acids is 3. The standard InChI is InChI=1S/C5H11NO2S.2C4H8N2O3/c1-9-3-2-4(6)5(7)8;2*5-2(4(8)9)1-3(6)7/h4H,2-3,6H2,1H3,(H,7,8);2*2H,1,5H2,(H2,6,7)(H,8,9)/t4-;2*2-/m000/s1. The summed E-state index contributed by atoms with van der Waals surface area (Å²) in [7, 11) is 0. The fourth-order valence-corrected chi connectivity index (χ4v) is 1.47. The zero-order valence-corrected chi connectivity index (χ0v) is 15.6. The minimum absolute atomic E-state index is 0.310. The lowest BCUT2D eigenvalue weighted by Crippen LogP contribution is -2.34. The normalized spacial score (nSPS) is 12.7. The summed E-state index contributed by atoms with van der Waals surface area (Å²) in [6, 6.07) is -3.01. The van der Waals surface area contributed by atoms with Crippen LogP contribution in [0.1, 0.15) is 19.3 Å². The van der Waals surface area contributed by atoms with Gasteiger partial charge >= 0.3 is 17.9 Å². The van der Waals surface area contributed by atoms with Crippen LogP contribution in [0.15, 0.2) is 0 Å². The van der Waals surface area contributed by atoms with Gasteiger partial charge in [0.2, 0.25) is 11.8 Å². The quantitative estimate of drug-likeness (QED) is 0.175. The van der Waals surface area contributed by atoms with Crippen molar-refractivity contribution in [2.24, 2.45) is 28.7 Å². The third-order valence-corrected chi connectivity index (χ3v) is 3.07. The van der Waals surface area contributed by atoms with Gasteiger partial charge in [0, 0.05) is 0 Å². The molecule has 2 amide bonds. The Balaban J connectivity index is -0.000000320. The third kappa shape index (κ3) is 23.6. The Kier molecular flexibility index (Phi) is 18.5. The van der Waals surface area contributed by atoms with Crippen LogP contribution in [0.3, 0.4) is 0 Å². The maximum absolute atomic E-state index is 10.1. The van der Waals surface area contributed by atoms with Crippen molar-refractivity contribution in [2.45, 2.75) is 37.4 Å². The van der Waals surface area contributed by atoms with E-state index in [0.717, 1.165) is 5.75 Å². The number of carbonyl (C=O) groups is 5. The highest BCUT2D eigenvalue weighted by Gasteiger charge is 2.13. The molecule has 0 unspecified atom stereocenters. The van der Waals surface area contributed by atoms with Gasteiger partial charge in [-0.1, -0.05) is 0 Å². The molecule has 3 atom stereocenters. The molecule has 0 aliphatic carbocycles. The van der Waals surface area contributed by atoms with Crippen LogP contribution < -0.4 is 28.7 Å². The molecule has 13 nitrogen and oxygen atoms in total. The van der Waals surface area contributed by atoms with E-state index in [4.69, 9.17) is 32.5 Å². The molecule has 0 radical (unpaired) electrons. The van der Waals surface area contributed by atoms with Gasteiger partial charge in [-0.3, -0.25) is 24.0 Å². The maximum Gasteiger partial charge on any atom is 0.321 e. The van der Waals surface area contributed by atoms with Crippen molar-refractivity contribution in [3.63, 3.8) is 0 Å². The Morgan fingerprint density at radius 3 is 1.19 bits per heavy atom. The van der Waals surface area contributed by atoms with E-state index in [1.54, 1.807) is 11.8 Å². The van der Waals surface area contributed by atoms with Crippen LogP contribution in [0.2, 0.25) is 0 Å². The Labute approximate surface area is 159 Å². The van der Waals surface area contributed by atoms with Gasteiger partial charge in [-0.05, 0) is 18.4 Å². The lowest BCUT2D eigenvalue weighted by Gasteiger charge is -2.02. The largest absolute Gasteiger partial charge is 0.480 e. The van der Waals surface area contributed by atoms with Crippen molar-refractivity contribution in [3.8, 4) is 0 Å². The summed E-state index contributed by atoms with van der Waals surface area (Å²) >= 11 is 1.60. The number of primary amides is 2. The van der Waals surface area contributed by atoms with Crippen molar-refractivity contribution < 1.29 is 39.3 Å². The molecular formula is C13H27N5O8S. The summed E-state index contributed by atoms with van der Waals surface area (Å²) in [4.78, 5) is 49.9. The van der Waals surface area contributed by atoms with Gasteiger partial charge in [-0.25, -0.2) is 0 Å². The molecule has 158 valence electrons. The highest BCUT2D eigenvalue weighted by molar-refractivity contribution is 7.98. The van der Waals surface area contributed by atoms with Crippen LogP contribution in [0, 0.1) is 0 Å². The zero-order valence-electron chi connectivity index (χ0n) is 14.7. The van der Waals surface area contributed by atoms with Gasteiger partial charge in [0.1, 0.15) is 18.1 Å². The Morgan fingerprint density at radius 2 is 1.04 bits per heavy atom. The smallest absolute Gasteiger partial charge is 0.321 e. The summed E-state index contributed by atoms with van der Waals surface area (Å²) in [5, 5.41) is 24.5. The summed E-state index contributed by atoms with van der Waals surface area (Å²) in [6.07, 6.45) is 1.86. The molecule has 0 bridgehead atoms. The first-order chi connectivity index (χ1) is 12.3. The second-order valence-corrected chi connectivity index (χ2v) is 5.94. The number of carboxylic acids is 3. The van der Waals surface area contributed by atoms with Gasteiger partial charge in [0.15, 0.2) is 0 Å². The Hall–Kier alpha value is -2.42. The number of hydrogen-bond acceptors (Lipinski definition) is 9. The average Bonchev–Trinajstić information content (AvgIpc) is 2.52. The van der Waals surface area contributed by atoms with Gasteiger partial charge < -0.3 is 44.0 Å². The molecule has 0 aliphatic heterocycles. The first kappa shape index (κ1) is 29.3. The second-order valence-electron chi connectivity index (χ2n) is 4.96. The summed E-state index contributed by atoms with van der Waals surface area (Å²) in [6.45, 7) is 0. The highest BCUT2D eigenvalue weighted by Crippen LogP contribution is 1.97. The maximum atomic E-state index is 10.1. The molecule has 0 fully saturated rings. The molecule has 14 heteroatoms. The molecular weight excluding hydrogens is 386 g/mol. The first-order valence-electron chi connectivity index (χ1n) is 7.26. The monoisotopic (exact) mass is 413 g/mol. The van der Waals surface area contributed by atoms with Gasteiger partial charge in [0.05, 0.1) is 12.8 Å². The number of rotatable bonds is 10. The van der Waals surface area contributed by atoms with Crippen LogP contribution in [0.25, 0.3) is 0 Å². The van der Waals surface area contributed by atoms with Crippen LogP contribution in [-0.4, -0.2) is 75.2 Å². The number of thioether (sulfide) groups is 1. The molecule has 0 heterocycles. The van der Waals surface area contributed by atoms with Crippen molar-refractivity contribution in [1.82, 2.24) is 0 Å². The Bertz CT molecular complexity index is 473. The minimum Gasteiger partial charge on any atom is -0.480 e. The van der Waals surface area contributed by atoms with Crippen molar-refractivity contribution in [3.05, 3.63) is 0 Å². The molecule has 0 aliphatic rings.